The summed E-state index contributed by atoms with van der Waals surface area (Å²) in [6.45, 7) is 2.50. The van der Waals surface area contributed by atoms with Gasteiger partial charge in [0.2, 0.25) is 0 Å². The fourth-order valence-electron chi connectivity index (χ4n) is 2.41. The fourth-order valence-corrected chi connectivity index (χ4v) is 2.96. The van der Waals surface area contributed by atoms with Crippen molar-refractivity contribution >= 4 is 7.60 Å². The number of benzene rings is 1. The van der Waals surface area contributed by atoms with Crippen molar-refractivity contribution in [1.29, 1.82) is 0 Å². The molecule has 19 heavy (non-hydrogen) atoms. The Kier molecular flexibility index (Phi) is 4.63. The van der Waals surface area contributed by atoms with Crippen molar-refractivity contribution in [2.24, 2.45) is 0 Å². The molecule has 0 amide bonds. The number of hydrogen-bond acceptors (Lipinski definition) is 3. The van der Waals surface area contributed by atoms with Crippen molar-refractivity contribution in [2.75, 3.05) is 26.4 Å². The van der Waals surface area contributed by atoms with E-state index in [9.17, 15) is 4.57 Å². The summed E-state index contributed by atoms with van der Waals surface area (Å²) in [7, 11) is -2.20. The third kappa shape index (κ3) is 4.32. The second-order valence-electron chi connectivity index (χ2n) is 4.90. The molecule has 0 atom stereocenters. The van der Waals surface area contributed by atoms with Gasteiger partial charge in [-0.1, -0.05) is 6.07 Å². The molecule has 0 aromatic heterocycles. The van der Waals surface area contributed by atoms with Gasteiger partial charge in [-0.05, 0) is 42.6 Å². The van der Waals surface area contributed by atoms with E-state index in [2.05, 4.69) is 11.0 Å². The van der Waals surface area contributed by atoms with Gasteiger partial charge in [-0.15, -0.1) is 0 Å². The SMILES string of the molecule is COc1ccc2c(c1)CN(CCCP(=O)(O)O)CC2. The van der Waals surface area contributed by atoms with Crippen LogP contribution < -0.4 is 4.74 Å². The van der Waals surface area contributed by atoms with Gasteiger partial charge in [-0.25, -0.2) is 0 Å². The number of ether oxygens (including phenoxy) is 1. The highest BCUT2D eigenvalue weighted by Gasteiger charge is 2.18. The number of methoxy groups -OCH3 is 1. The molecule has 106 valence electrons. The molecular formula is C13H20NO4P. The minimum Gasteiger partial charge on any atom is -0.497 e. The zero-order valence-corrected chi connectivity index (χ0v) is 12.0. The van der Waals surface area contributed by atoms with E-state index in [-0.39, 0.29) is 6.16 Å². The van der Waals surface area contributed by atoms with Gasteiger partial charge >= 0.3 is 7.60 Å². The molecule has 0 spiro atoms. The molecule has 1 aliphatic rings. The second kappa shape index (κ2) is 6.06. The van der Waals surface area contributed by atoms with E-state index in [0.717, 1.165) is 31.8 Å². The van der Waals surface area contributed by atoms with Gasteiger partial charge in [0.05, 0.1) is 13.3 Å². The maximum Gasteiger partial charge on any atom is 0.325 e. The molecular weight excluding hydrogens is 265 g/mol. The van der Waals surface area contributed by atoms with Crippen molar-refractivity contribution in [3.8, 4) is 5.75 Å². The van der Waals surface area contributed by atoms with Crippen LogP contribution in [0.25, 0.3) is 0 Å². The molecule has 2 N–H and O–H groups in total. The van der Waals surface area contributed by atoms with E-state index in [0.29, 0.717) is 6.42 Å². The van der Waals surface area contributed by atoms with Gasteiger partial charge < -0.3 is 14.5 Å². The second-order valence-corrected chi connectivity index (χ2v) is 6.68. The molecule has 1 heterocycles. The topological polar surface area (TPSA) is 70.0 Å². The van der Waals surface area contributed by atoms with Crippen LogP contribution in [0, 0.1) is 0 Å². The highest BCUT2D eigenvalue weighted by molar-refractivity contribution is 7.51. The Balaban J connectivity index is 1.92. The van der Waals surface area contributed by atoms with E-state index >= 15 is 0 Å². The third-order valence-corrected chi connectivity index (χ3v) is 4.33. The van der Waals surface area contributed by atoms with Crippen LogP contribution in [0.5, 0.6) is 5.75 Å². The number of fused-ring (bicyclic) bond motifs is 1. The lowest BCUT2D eigenvalue weighted by Gasteiger charge is -2.29. The number of hydrogen-bond donors (Lipinski definition) is 2. The molecule has 0 unspecified atom stereocenters. The molecule has 5 nitrogen and oxygen atoms in total. The normalized spacial score (nSPS) is 16.2. The first kappa shape index (κ1) is 14.5. The third-order valence-electron chi connectivity index (χ3n) is 3.43. The molecule has 0 aliphatic carbocycles. The first-order chi connectivity index (χ1) is 8.98. The molecule has 1 aromatic carbocycles. The van der Waals surface area contributed by atoms with Crippen LogP contribution in [0.4, 0.5) is 0 Å². The molecule has 0 saturated heterocycles. The summed E-state index contributed by atoms with van der Waals surface area (Å²) in [5, 5.41) is 0. The van der Waals surface area contributed by atoms with Crippen molar-refractivity contribution in [1.82, 2.24) is 4.90 Å². The Morgan fingerprint density at radius 1 is 1.37 bits per heavy atom. The van der Waals surface area contributed by atoms with Crippen LogP contribution in [-0.2, 0) is 17.5 Å². The Hall–Kier alpha value is -0.870. The predicted molar refractivity (Wildman–Crippen MR) is 73.5 cm³/mol. The van der Waals surface area contributed by atoms with E-state index in [1.165, 1.54) is 11.1 Å². The Morgan fingerprint density at radius 2 is 2.16 bits per heavy atom. The van der Waals surface area contributed by atoms with Crippen LogP contribution in [-0.4, -0.2) is 41.0 Å². The molecule has 0 saturated carbocycles. The molecule has 1 aromatic rings. The van der Waals surface area contributed by atoms with Crippen LogP contribution >= 0.6 is 7.60 Å². The van der Waals surface area contributed by atoms with E-state index in [1.54, 1.807) is 7.11 Å². The minimum atomic E-state index is -3.86. The van der Waals surface area contributed by atoms with E-state index in [4.69, 9.17) is 14.5 Å². The first-order valence-electron chi connectivity index (χ1n) is 6.40. The Bertz CT molecular complexity index is 486. The standard InChI is InChI=1S/C13H20NO4P/c1-18-13-4-3-11-5-7-14(10-12(11)9-13)6-2-8-19(15,16)17/h3-4,9H,2,5-8,10H2,1H3,(H2,15,16,17). The van der Waals surface area contributed by atoms with Gasteiger partial charge in [0.1, 0.15) is 5.75 Å². The zero-order chi connectivity index (χ0) is 13.9. The van der Waals surface area contributed by atoms with Gasteiger partial charge in [-0.3, -0.25) is 9.46 Å². The zero-order valence-electron chi connectivity index (χ0n) is 11.1. The lowest BCUT2D eigenvalue weighted by Crippen LogP contribution is -2.31. The smallest absolute Gasteiger partial charge is 0.325 e. The molecule has 0 radical (unpaired) electrons. The van der Waals surface area contributed by atoms with Crippen LogP contribution in [0.1, 0.15) is 17.5 Å². The summed E-state index contributed by atoms with van der Waals surface area (Å²) < 4.78 is 16.0. The molecule has 6 heteroatoms. The van der Waals surface area contributed by atoms with E-state index < -0.39 is 7.60 Å². The van der Waals surface area contributed by atoms with Gasteiger partial charge in [0, 0.05) is 13.1 Å². The van der Waals surface area contributed by atoms with Crippen LogP contribution in [0.15, 0.2) is 18.2 Å². The van der Waals surface area contributed by atoms with Crippen molar-refractivity contribution < 1.29 is 19.1 Å². The monoisotopic (exact) mass is 285 g/mol. The summed E-state index contributed by atoms with van der Waals surface area (Å²) in [5.41, 5.74) is 2.59. The van der Waals surface area contributed by atoms with Gasteiger partial charge in [-0.2, -0.15) is 0 Å². The summed E-state index contributed by atoms with van der Waals surface area (Å²) in [5.74, 6) is 0.857. The summed E-state index contributed by atoms with van der Waals surface area (Å²) >= 11 is 0. The molecule has 2 rings (SSSR count). The molecule has 0 bridgehead atoms. The number of nitrogens with zero attached hydrogens (tertiary/aromatic N) is 1. The average Bonchev–Trinajstić information content (AvgIpc) is 2.36. The van der Waals surface area contributed by atoms with Gasteiger partial charge in [0.25, 0.3) is 0 Å². The van der Waals surface area contributed by atoms with Gasteiger partial charge in [0.15, 0.2) is 0 Å². The fraction of sp³-hybridized carbons (Fsp3) is 0.538. The van der Waals surface area contributed by atoms with E-state index in [1.807, 2.05) is 12.1 Å². The van der Waals surface area contributed by atoms with Crippen molar-refractivity contribution in [2.45, 2.75) is 19.4 Å². The maximum atomic E-state index is 10.8. The Labute approximate surface area is 113 Å². The molecule has 0 fully saturated rings. The lowest BCUT2D eigenvalue weighted by atomic mass is 9.99. The highest BCUT2D eigenvalue weighted by atomic mass is 31.2. The summed E-state index contributed by atoms with van der Waals surface area (Å²) in [4.78, 5) is 19.9. The van der Waals surface area contributed by atoms with Crippen molar-refractivity contribution in [3.63, 3.8) is 0 Å². The van der Waals surface area contributed by atoms with Crippen LogP contribution in [0.3, 0.4) is 0 Å². The predicted octanol–water partition coefficient (Wildman–Crippen LogP) is 1.62. The quantitative estimate of drug-likeness (QED) is 0.805. The summed E-state index contributed by atoms with van der Waals surface area (Å²) in [6.07, 6.45) is 1.48. The highest BCUT2D eigenvalue weighted by Crippen LogP contribution is 2.35. The maximum absolute atomic E-state index is 10.8. The average molecular weight is 285 g/mol. The minimum absolute atomic E-state index is 0.0333. The first-order valence-corrected chi connectivity index (χ1v) is 8.20. The van der Waals surface area contributed by atoms with Crippen molar-refractivity contribution in [3.05, 3.63) is 29.3 Å². The van der Waals surface area contributed by atoms with Crippen LogP contribution in [0.2, 0.25) is 0 Å². The summed E-state index contributed by atoms with van der Waals surface area (Å²) in [6, 6.07) is 6.12. The Morgan fingerprint density at radius 3 is 2.84 bits per heavy atom. The molecule has 1 aliphatic heterocycles. The largest absolute Gasteiger partial charge is 0.497 e. The number of rotatable bonds is 5. The lowest BCUT2D eigenvalue weighted by molar-refractivity contribution is 0.252.